The van der Waals surface area contributed by atoms with Gasteiger partial charge >= 0.3 is 11.4 Å². The van der Waals surface area contributed by atoms with E-state index in [0.717, 1.165) is 21.4 Å². The van der Waals surface area contributed by atoms with Gasteiger partial charge in [-0.25, -0.2) is 4.79 Å². The van der Waals surface area contributed by atoms with E-state index in [0.29, 0.717) is 11.3 Å². The van der Waals surface area contributed by atoms with Crippen LogP contribution in [0.2, 0.25) is 0 Å². The molecule has 0 aliphatic carbocycles. The summed E-state index contributed by atoms with van der Waals surface area (Å²) < 4.78 is 1.88. The van der Waals surface area contributed by atoms with Crippen molar-refractivity contribution in [2.75, 3.05) is 5.73 Å². The minimum atomic E-state index is -0.605. The van der Waals surface area contributed by atoms with Gasteiger partial charge in [-0.15, -0.1) is 0 Å². The van der Waals surface area contributed by atoms with E-state index < -0.39 is 10.6 Å². The molecule has 8 heteroatoms. The van der Waals surface area contributed by atoms with Crippen molar-refractivity contribution >= 4 is 27.3 Å². The fourth-order valence-corrected chi connectivity index (χ4v) is 2.07. The van der Waals surface area contributed by atoms with Gasteiger partial charge in [-0.3, -0.25) is 14.7 Å². The first-order chi connectivity index (χ1) is 8.99. The maximum absolute atomic E-state index is 11.6. The quantitative estimate of drug-likeness (QED) is 0.524. The Morgan fingerprint density at radius 1 is 1.47 bits per heavy atom. The van der Waals surface area contributed by atoms with Gasteiger partial charge in [0, 0.05) is 15.7 Å². The van der Waals surface area contributed by atoms with Crippen LogP contribution in [0.25, 0.3) is 0 Å². The molecule has 0 saturated heterocycles. The molecular formula is C11H9BrN4O3. The Labute approximate surface area is 116 Å². The highest BCUT2D eigenvalue weighted by molar-refractivity contribution is 9.10. The Bertz CT molecular complexity index is 678. The van der Waals surface area contributed by atoms with Crippen molar-refractivity contribution in [1.82, 2.24) is 9.55 Å². The van der Waals surface area contributed by atoms with E-state index in [4.69, 9.17) is 5.73 Å². The largest absolute Gasteiger partial charge is 0.398 e. The number of hydrogen-bond acceptors (Lipinski definition) is 5. The predicted octanol–water partition coefficient (Wildman–Crippen LogP) is 1.54. The Kier molecular flexibility index (Phi) is 3.61. The smallest absolute Gasteiger partial charge is 0.348 e. The molecule has 0 saturated carbocycles. The molecule has 0 spiro atoms. The first kappa shape index (κ1) is 13.2. The van der Waals surface area contributed by atoms with E-state index in [1.54, 1.807) is 18.2 Å². The van der Waals surface area contributed by atoms with Crippen molar-refractivity contribution in [2.45, 2.75) is 6.54 Å². The maximum atomic E-state index is 11.6. The van der Waals surface area contributed by atoms with E-state index in [1.807, 2.05) is 0 Å². The van der Waals surface area contributed by atoms with Gasteiger partial charge in [-0.2, -0.15) is 4.98 Å². The summed E-state index contributed by atoms with van der Waals surface area (Å²) in [5.74, 6) is 0. The number of hydrogen-bond donors (Lipinski definition) is 1. The predicted molar refractivity (Wildman–Crippen MR) is 72.8 cm³/mol. The number of nitrogens with zero attached hydrogens (tertiary/aromatic N) is 3. The van der Waals surface area contributed by atoms with Crippen LogP contribution in [0.5, 0.6) is 0 Å². The molecule has 0 aliphatic heterocycles. The molecule has 0 fully saturated rings. The molecule has 0 unspecified atom stereocenters. The minimum absolute atomic E-state index is 0.112. The Morgan fingerprint density at radius 2 is 2.21 bits per heavy atom. The highest BCUT2D eigenvalue weighted by Crippen LogP contribution is 2.23. The fraction of sp³-hybridized carbons (Fsp3) is 0.0909. The van der Waals surface area contributed by atoms with Crippen LogP contribution in [0.4, 0.5) is 11.4 Å². The lowest BCUT2D eigenvalue weighted by Crippen LogP contribution is -2.23. The third-order valence-corrected chi connectivity index (χ3v) is 3.28. The number of anilines is 1. The molecule has 98 valence electrons. The summed E-state index contributed by atoms with van der Waals surface area (Å²) in [4.78, 5) is 25.1. The Hall–Kier alpha value is -2.22. The fourth-order valence-electron chi connectivity index (χ4n) is 1.56. The Balaban J connectivity index is 2.46. The lowest BCUT2D eigenvalue weighted by molar-refractivity contribution is -0.385. The van der Waals surface area contributed by atoms with Crippen LogP contribution in [-0.2, 0) is 6.54 Å². The first-order valence-electron chi connectivity index (χ1n) is 5.23. The molecule has 0 bridgehead atoms. The average Bonchev–Trinajstić information content (AvgIpc) is 2.35. The van der Waals surface area contributed by atoms with E-state index >= 15 is 0 Å². The second-order valence-corrected chi connectivity index (χ2v) is 4.64. The molecule has 2 aromatic rings. The number of rotatable bonds is 3. The van der Waals surface area contributed by atoms with Crippen molar-refractivity contribution in [1.29, 1.82) is 0 Å². The van der Waals surface area contributed by atoms with Crippen LogP contribution in [0, 0.1) is 10.1 Å². The number of nitrogen functional groups attached to an aromatic ring is 1. The zero-order chi connectivity index (χ0) is 14.0. The van der Waals surface area contributed by atoms with E-state index in [1.165, 1.54) is 0 Å². The van der Waals surface area contributed by atoms with Gasteiger partial charge in [0.1, 0.15) is 6.20 Å². The summed E-state index contributed by atoms with van der Waals surface area (Å²) >= 11 is 3.33. The molecule has 0 amide bonds. The van der Waals surface area contributed by atoms with Gasteiger partial charge in [0.2, 0.25) is 0 Å². The van der Waals surface area contributed by atoms with Crippen LogP contribution < -0.4 is 11.4 Å². The van der Waals surface area contributed by atoms with Crippen LogP contribution in [0.15, 0.2) is 39.9 Å². The summed E-state index contributed by atoms with van der Waals surface area (Å²) in [5, 5.41) is 10.7. The molecule has 1 aromatic heterocycles. The Morgan fingerprint density at radius 3 is 2.84 bits per heavy atom. The van der Waals surface area contributed by atoms with Crippen LogP contribution in [0.1, 0.15) is 5.56 Å². The number of benzene rings is 1. The molecule has 2 rings (SSSR count). The molecule has 1 aromatic carbocycles. The summed E-state index contributed by atoms with van der Waals surface area (Å²) in [5.41, 5.74) is 6.17. The lowest BCUT2D eigenvalue weighted by atomic mass is 10.2. The van der Waals surface area contributed by atoms with Crippen molar-refractivity contribution in [3.05, 3.63) is 61.2 Å². The minimum Gasteiger partial charge on any atom is -0.398 e. The zero-order valence-corrected chi connectivity index (χ0v) is 11.2. The topological polar surface area (TPSA) is 104 Å². The van der Waals surface area contributed by atoms with Crippen molar-refractivity contribution in [2.24, 2.45) is 0 Å². The monoisotopic (exact) mass is 324 g/mol. The maximum Gasteiger partial charge on any atom is 0.348 e. The van der Waals surface area contributed by atoms with Gasteiger partial charge in [0.05, 0.1) is 17.7 Å². The molecule has 0 aliphatic rings. The second kappa shape index (κ2) is 5.19. The number of nitrogens with two attached hydrogens (primary N) is 1. The van der Waals surface area contributed by atoms with Crippen LogP contribution in [-0.4, -0.2) is 14.5 Å². The molecule has 2 N–H and O–H groups in total. The van der Waals surface area contributed by atoms with Gasteiger partial charge < -0.3 is 5.73 Å². The van der Waals surface area contributed by atoms with Gasteiger partial charge in [-0.05, 0) is 12.1 Å². The van der Waals surface area contributed by atoms with Crippen molar-refractivity contribution < 1.29 is 4.92 Å². The summed E-state index contributed by atoms with van der Waals surface area (Å²) in [6.07, 6.45) is 2.08. The number of halogens is 1. The zero-order valence-electron chi connectivity index (χ0n) is 9.62. The molecular weight excluding hydrogens is 316 g/mol. The van der Waals surface area contributed by atoms with Gasteiger partial charge in [0.15, 0.2) is 0 Å². The lowest BCUT2D eigenvalue weighted by Gasteiger charge is -2.09. The van der Waals surface area contributed by atoms with Gasteiger partial charge in [-0.1, -0.05) is 22.0 Å². The highest BCUT2D eigenvalue weighted by Gasteiger charge is 2.11. The molecule has 7 nitrogen and oxygen atoms in total. The standard InChI is InChI=1S/C11H9BrN4O3/c12-9-2-1-3-10(13)8(9)6-15-5-7(16(18)19)4-14-11(15)17/h1-5H,6,13H2. The normalized spacial score (nSPS) is 10.4. The van der Waals surface area contributed by atoms with Gasteiger partial charge in [0.25, 0.3) is 0 Å². The third kappa shape index (κ3) is 2.79. The SMILES string of the molecule is Nc1cccc(Br)c1Cn1cc([N+](=O)[O-])cnc1=O. The molecule has 19 heavy (non-hydrogen) atoms. The molecule has 0 radical (unpaired) electrons. The van der Waals surface area contributed by atoms with E-state index in [9.17, 15) is 14.9 Å². The summed E-state index contributed by atoms with van der Waals surface area (Å²) in [7, 11) is 0. The summed E-state index contributed by atoms with van der Waals surface area (Å²) in [6, 6.07) is 5.23. The first-order valence-corrected chi connectivity index (χ1v) is 6.02. The second-order valence-electron chi connectivity index (χ2n) is 3.79. The molecule has 1 heterocycles. The van der Waals surface area contributed by atoms with Crippen LogP contribution >= 0.6 is 15.9 Å². The third-order valence-electron chi connectivity index (χ3n) is 2.54. The number of nitro groups is 1. The van der Waals surface area contributed by atoms with E-state index in [2.05, 4.69) is 20.9 Å². The number of aromatic nitrogens is 2. The van der Waals surface area contributed by atoms with Crippen molar-refractivity contribution in [3.63, 3.8) is 0 Å². The van der Waals surface area contributed by atoms with Crippen molar-refractivity contribution in [3.8, 4) is 0 Å². The average molecular weight is 325 g/mol. The van der Waals surface area contributed by atoms with Crippen LogP contribution in [0.3, 0.4) is 0 Å². The summed E-state index contributed by atoms with van der Waals surface area (Å²) in [6.45, 7) is 0.112. The van der Waals surface area contributed by atoms with E-state index in [-0.39, 0.29) is 12.2 Å². The molecule has 0 atom stereocenters. The highest BCUT2D eigenvalue weighted by atomic mass is 79.9.